The molecule has 3 nitrogen and oxygen atoms in total. The number of thiophene rings is 1. The minimum atomic E-state index is -3.86. The lowest BCUT2D eigenvalue weighted by Gasteiger charge is -2.08. The zero-order valence-corrected chi connectivity index (χ0v) is 11.8. The Hall–Kier alpha value is -1.47. The monoisotopic (exact) mass is 303 g/mol. The third-order valence-corrected chi connectivity index (χ3v) is 5.05. The highest BCUT2D eigenvalue weighted by Crippen LogP contribution is 2.27. The third-order valence-electron chi connectivity index (χ3n) is 2.46. The van der Waals surface area contributed by atoms with Crippen LogP contribution in [-0.2, 0) is 10.0 Å². The molecule has 0 spiro atoms. The van der Waals surface area contributed by atoms with Crippen molar-refractivity contribution in [1.82, 2.24) is 0 Å². The van der Waals surface area contributed by atoms with Crippen LogP contribution in [0.4, 0.5) is 14.5 Å². The van der Waals surface area contributed by atoms with Crippen LogP contribution in [0.3, 0.4) is 0 Å². The summed E-state index contributed by atoms with van der Waals surface area (Å²) in [5.41, 5.74) is -0.273. The lowest BCUT2D eigenvalue weighted by molar-refractivity contribution is 0.582. The van der Waals surface area contributed by atoms with Crippen LogP contribution in [-0.4, -0.2) is 8.42 Å². The van der Waals surface area contributed by atoms with Crippen LogP contribution in [0.15, 0.2) is 29.2 Å². The minimum Gasteiger partial charge on any atom is -0.277 e. The van der Waals surface area contributed by atoms with E-state index >= 15 is 0 Å². The normalized spacial score (nSPS) is 11.6. The molecule has 0 fully saturated rings. The predicted molar refractivity (Wildman–Crippen MR) is 71.0 cm³/mol. The number of halogens is 2. The van der Waals surface area contributed by atoms with Crippen LogP contribution < -0.4 is 4.72 Å². The number of rotatable bonds is 3. The molecule has 2 rings (SSSR count). The Kier molecular flexibility index (Phi) is 3.60. The lowest BCUT2D eigenvalue weighted by atomic mass is 10.3. The Bertz CT molecular complexity index is 723. The van der Waals surface area contributed by atoms with Crippen LogP contribution in [0, 0.1) is 25.5 Å². The van der Waals surface area contributed by atoms with Gasteiger partial charge in [-0.2, -0.15) is 0 Å². The van der Waals surface area contributed by atoms with Gasteiger partial charge in [-0.1, -0.05) is 0 Å². The number of sulfonamides is 1. The van der Waals surface area contributed by atoms with Gasteiger partial charge in [-0.15, -0.1) is 11.3 Å². The Morgan fingerprint density at radius 2 is 1.84 bits per heavy atom. The molecule has 0 aliphatic rings. The van der Waals surface area contributed by atoms with Gasteiger partial charge >= 0.3 is 0 Å². The molecule has 0 aliphatic heterocycles. The summed E-state index contributed by atoms with van der Waals surface area (Å²) in [4.78, 5) is 1.57. The molecule has 0 radical (unpaired) electrons. The Balaban J connectivity index is 2.39. The number of nitrogens with one attached hydrogen (secondary N) is 1. The quantitative estimate of drug-likeness (QED) is 0.944. The SMILES string of the molecule is Cc1cc(S(=O)(=O)Nc2ccc(F)cc2F)c(C)s1. The van der Waals surface area contributed by atoms with Crippen molar-refractivity contribution in [2.45, 2.75) is 18.7 Å². The molecule has 1 heterocycles. The minimum absolute atomic E-state index is 0.110. The zero-order chi connectivity index (χ0) is 14.2. The Morgan fingerprint density at radius 3 is 2.37 bits per heavy atom. The zero-order valence-electron chi connectivity index (χ0n) is 10.2. The smallest absolute Gasteiger partial charge is 0.263 e. The maximum atomic E-state index is 13.4. The van der Waals surface area contributed by atoms with Gasteiger partial charge in [0.1, 0.15) is 16.5 Å². The molecule has 0 atom stereocenters. The molecular formula is C12H11F2NO2S2. The van der Waals surface area contributed by atoms with Crippen LogP contribution in [0.2, 0.25) is 0 Å². The summed E-state index contributed by atoms with van der Waals surface area (Å²) in [6.45, 7) is 3.46. The average molecular weight is 303 g/mol. The molecule has 0 saturated carbocycles. The molecule has 0 saturated heterocycles. The van der Waals surface area contributed by atoms with Gasteiger partial charge in [0.05, 0.1) is 5.69 Å². The Morgan fingerprint density at radius 1 is 1.16 bits per heavy atom. The highest BCUT2D eigenvalue weighted by Gasteiger charge is 2.20. The first-order chi connectivity index (χ1) is 8.79. The van der Waals surface area contributed by atoms with Crippen molar-refractivity contribution in [3.05, 3.63) is 45.7 Å². The van der Waals surface area contributed by atoms with Gasteiger partial charge < -0.3 is 0 Å². The maximum absolute atomic E-state index is 13.4. The van der Waals surface area contributed by atoms with E-state index in [0.29, 0.717) is 10.9 Å². The molecule has 2 aromatic rings. The van der Waals surface area contributed by atoms with Gasteiger partial charge in [-0.25, -0.2) is 17.2 Å². The second-order valence-corrected chi connectivity index (χ2v) is 7.12. The maximum Gasteiger partial charge on any atom is 0.263 e. The third kappa shape index (κ3) is 2.93. The van der Waals surface area contributed by atoms with Crippen LogP contribution in [0.1, 0.15) is 9.75 Å². The van der Waals surface area contributed by atoms with Gasteiger partial charge in [-0.3, -0.25) is 4.72 Å². The summed E-state index contributed by atoms with van der Waals surface area (Å²) in [6.07, 6.45) is 0. The van der Waals surface area contributed by atoms with Gasteiger partial charge in [0.15, 0.2) is 0 Å². The first-order valence-corrected chi connectivity index (χ1v) is 7.64. The van der Waals surface area contributed by atoms with Gasteiger partial charge in [0, 0.05) is 15.8 Å². The molecule has 0 aliphatic carbocycles. The van der Waals surface area contributed by atoms with Gasteiger partial charge in [0.2, 0.25) is 0 Å². The van der Waals surface area contributed by atoms with E-state index in [0.717, 1.165) is 17.0 Å². The fourth-order valence-electron chi connectivity index (χ4n) is 1.65. The number of benzene rings is 1. The van der Waals surface area contributed by atoms with E-state index in [1.54, 1.807) is 13.8 Å². The topological polar surface area (TPSA) is 46.2 Å². The lowest BCUT2D eigenvalue weighted by Crippen LogP contribution is -2.14. The van der Waals surface area contributed by atoms with E-state index in [1.807, 2.05) is 0 Å². The number of anilines is 1. The summed E-state index contributed by atoms with van der Waals surface area (Å²) >= 11 is 1.34. The summed E-state index contributed by atoms with van der Waals surface area (Å²) in [6, 6.07) is 4.19. The van der Waals surface area contributed by atoms with Crippen LogP contribution in [0.25, 0.3) is 0 Å². The van der Waals surface area contributed by atoms with E-state index in [2.05, 4.69) is 4.72 Å². The molecule has 19 heavy (non-hydrogen) atoms. The predicted octanol–water partition coefficient (Wildman–Crippen LogP) is 3.44. The Labute approximate surface area is 114 Å². The summed E-state index contributed by atoms with van der Waals surface area (Å²) in [5, 5.41) is 0. The first-order valence-electron chi connectivity index (χ1n) is 5.34. The highest BCUT2D eigenvalue weighted by molar-refractivity contribution is 7.93. The van der Waals surface area contributed by atoms with E-state index < -0.39 is 21.7 Å². The molecule has 0 amide bonds. The van der Waals surface area contributed by atoms with Crippen molar-refractivity contribution in [3.63, 3.8) is 0 Å². The first kappa shape index (κ1) is 14.0. The molecule has 1 aromatic carbocycles. The number of hydrogen-bond donors (Lipinski definition) is 1. The van der Waals surface area contributed by atoms with Crippen molar-refractivity contribution in [2.24, 2.45) is 0 Å². The fraction of sp³-hybridized carbons (Fsp3) is 0.167. The van der Waals surface area contributed by atoms with Gasteiger partial charge in [0.25, 0.3) is 10.0 Å². The standard InChI is InChI=1S/C12H11F2NO2S2/c1-7-5-12(8(2)18-7)19(16,17)15-11-4-3-9(13)6-10(11)14/h3-6,15H,1-2H3. The van der Waals surface area contributed by atoms with Crippen molar-refractivity contribution in [1.29, 1.82) is 0 Å². The number of aryl methyl sites for hydroxylation is 2. The van der Waals surface area contributed by atoms with E-state index in [-0.39, 0.29) is 10.6 Å². The fourth-order valence-corrected chi connectivity index (χ4v) is 4.27. The van der Waals surface area contributed by atoms with E-state index in [9.17, 15) is 17.2 Å². The van der Waals surface area contributed by atoms with Crippen molar-refractivity contribution in [3.8, 4) is 0 Å². The van der Waals surface area contributed by atoms with E-state index in [1.165, 1.54) is 17.4 Å². The molecule has 7 heteroatoms. The van der Waals surface area contributed by atoms with Crippen molar-refractivity contribution in [2.75, 3.05) is 4.72 Å². The molecule has 0 bridgehead atoms. The van der Waals surface area contributed by atoms with Crippen molar-refractivity contribution >= 4 is 27.0 Å². The second-order valence-electron chi connectivity index (χ2n) is 4.01. The second kappa shape index (κ2) is 4.90. The molecule has 1 N–H and O–H groups in total. The van der Waals surface area contributed by atoms with Crippen LogP contribution in [0.5, 0.6) is 0 Å². The highest BCUT2D eigenvalue weighted by atomic mass is 32.2. The molecule has 102 valence electrons. The number of hydrogen-bond acceptors (Lipinski definition) is 3. The van der Waals surface area contributed by atoms with E-state index in [4.69, 9.17) is 0 Å². The van der Waals surface area contributed by atoms with Gasteiger partial charge in [-0.05, 0) is 32.0 Å². The summed E-state index contributed by atoms with van der Waals surface area (Å²) in [7, 11) is -3.86. The molecule has 1 aromatic heterocycles. The summed E-state index contributed by atoms with van der Waals surface area (Å²) < 4.78 is 52.5. The largest absolute Gasteiger partial charge is 0.277 e. The van der Waals surface area contributed by atoms with Crippen LogP contribution >= 0.6 is 11.3 Å². The summed E-state index contributed by atoms with van der Waals surface area (Å²) in [5.74, 6) is -1.71. The van der Waals surface area contributed by atoms with Crippen molar-refractivity contribution < 1.29 is 17.2 Å². The average Bonchev–Trinajstić information content (AvgIpc) is 2.63. The molecule has 0 unspecified atom stereocenters. The molecular weight excluding hydrogens is 292 g/mol.